The van der Waals surface area contributed by atoms with Crippen molar-refractivity contribution in [2.45, 2.75) is 31.7 Å². The lowest BCUT2D eigenvalue weighted by atomic mass is 10.1. The Labute approximate surface area is 124 Å². The van der Waals surface area contributed by atoms with E-state index in [0.29, 0.717) is 0 Å². The lowest BCUT2D eigenvalue weighted by molar-refractivity contribution is -0.122. The van der Waals surface area contributed by atoms with Crippen LogP contribution >= 0.6 is 24.0 Å². The highest BCUT2D eigenvalue weighted by atomic mass is 35.5. The van der Waals surface area contributed by atoms with E-state index in [1.165, 1.54) is 0 Å². The average Bonchev–Trinajstić information content (AvgIpc) is 2.95. The molecule has 2 aliphatic rings. The molecule has 0 saturated heterocycles. The first-order valence-electron chi connectivity index (χ1n) is 6.51. The molecule has 0 radical (unpaired) electrons. The Hall–Kier alpha value is -0.770. The molecule has 1 aromatic rings. The van der Waals surface area contributed by atoms with E-state index >= 15 is 0 Å². The van der Waals surface area contributed by atoms with Crippen molar-refractivity contribution in [2.75, 3.05) is 11.4 Å². The van der Waals surface area contributed by atoms with Crippen LogP contribution in [0.5, 0.6) is 0 Å². The average molecular weight is 301 g/mol. The molecule has 2 unspecified atom stereocenters. The van der Waals surface area contributed by atoms with Gasteiger partial charge in [0.1, 0.15) is 0 Å². The summed E-state index contributed by atoms with van der Waals surface area (Å²) < 4.78 is 0. The van der Waals surface area contributed by atoms with Crippen LogP contribution < -0.4 is 10.6 Å². The maximum atomic E-state index is 12.5. The number of carbonyl (C=O) groups is 1. The normalized spacial score (nSPS) is 25.1. The molecule has 104 valence electrons. The predicted octanol–water partition coefficient (Wildman–Crippen LogP) is 2.78. The molecule has 5 heteroatoms. The number of rotatable bonds is 1. The summed E-state index contributed by atoms with van der Waals surface area (Å²) in [6.07, 6.45) is 3.57. The van der Waals surface area contributed by atoms with Gasteiger partial charge in [-0.15, -0.1) is 12.4 Å². The summed E-state index contributed by atoms with van der Waals surface area (Å²) >= 11 is 6.16. The first-order valence-corrected chi connectivity index (χ1v) is 6.89. The summed E-state index contributed by atoms with van der Waals surface area (Å²) in [4.78, 5) is 14.4. The van der Waals surface area contributed by atoms with Crippen molar-refractivity contribution < 1.29 is 4.79 Å². The fourth-order valence-electron chi connectivity index (χ4n) is 3.08. The van der Waals surface area contributed by atoms with Crippen LogP contribution in [0, 0.1) is 5.92 Å². The number of halogens is 2. The summed E-state index contributed by atoms with van der Waals surface area (Å²) in [5, 5.41) is 0.769. The Morgan fingerprint density at radius 1 is 1.37 bits per heavy atom. The van der Waals surface area contributed by atoms with Crippen LogP contribution in [-0.4, -0.2) is 18.5 Å². The van der Waals surface area contributed by atoms with E-state index in [0.717, 1.165) is 48.5 Å². The first kappa shape index (κ1) is 14.6. The van der Waals surface area contributed by atoms with E-state index in [1.54, 1.807) is 0 Å². The molecule has 1 heterocycles. The highest BCUT2D eigenvalue weighted by Gasteiger charge is 2.34. The van der Waals surface area contributed by atoms with Gasteiger partial charge in [-0.2, -0.15) is 0 Å². The summed E-state index contributed by atoms with van der Waals surface area (Å²) in [5.74, 6) is 0.328. The second-order valence-electron chi connectivity index (χ2n) is 5.25. The Bertz CT molecular complexity index is 492. The van der Waals surface area contributed by atoms with Gasteiger partial charge in [0, 0.05) is 29.2 Å². The minimum atomic E-state index is 0. The molecule has 1 aromatic carbocycles. The van der Waals surface area contributed by atoms with Gasteiger partial charge in [-0.3, -0.25) is 4.79 Å². The van der Waals surface area contributed by atoms with Crippen LogP contribution in [0.3, 0.4) is 0 Å². The highest BCUT2D eigenvalue weighted by Crippen LogP contribution is 2.36. The van der Waals surface area contributed by atoms with Crippen LogP contribution in [0.15, 0.2) is 18.2 Å². The summed E-state index contributed by atoms with van der Waals surface area (Å²) in [7, 11) is 0. The van der Waals surface area contributed by atoms with Crippen molar-refractivity contribution in [2.24, 2.45) is 11.7 Å². The number of benzene rings is 1. The van der Waals surface area contributed by atoms with Crippen molar-refractivity contribution in [3.05, 3.63) is 28.8 Å². The number of nitrogens with zero attached hydrogens (tertiary/aromatic N) is 1. The third kappa shape index (κ3) is 2.60. The van der Waals surface area contributed by atoms with Crippen LogP contribution in [0.2, 0.25) is 5.02 Å². The second-order valence-corrected chi connectivity index (χ2v) is 5.65. The topological polar surface area (TPSA) is 46.3 Å². The zero-order chi connectivity index (χ0) is 12.7. The highest BCUT2D eigenvalue weighted by molar-refractivity contribution is 6.32. The molecule has 2 N–H and O–H groups in total. The van der Waals surface area contributed by atoms with Gasteiger partial charge in [-0.05, 0) is 43.4 Å². The number of amides is 1. The predicted molar refractivity (Wildman–Crippen MR) is 80.1 cm³/mol. The van der Waals surface area contributed by atoms with Crippen LogP contribution in [0.1, 0.15) is 24.8 Å². The maximum Gasteiger partial charge on any atom is 0.230 e. The number of hydrogen-bond acceptors (Lipinski definition) is 2. The fraction of sp³-hybridized carbons (Fsp3) is 0.500. The van der Waals surface area contributed by atoms with Gasteiger partial charge in [0.2, 0.25) is 5.91 Å². The zero-order valence-electron chi connectivity index (χ0n) is 10.6. The lowest BCUT2D eigenvalue weighted by Crippen LogP contribution is -2.34. The number of nitrogens with two attached hydrogens (primary N) is 1. The molecular weight excluding hydrogens is 283 g/mol. The van der Waals surface area contributed by atoms with Gasteiger partial charge in [-0.1, -0.05) is 17.7 Å². The molecule has 3 rings (SSSR count). The summed E-state index contributed by atoms with van der Waals surface area (Å²) in [6.45, 7) is 0.754. The van der Waals surface area contributed by atoms with Gasteiger partial charge in [0.05, 0.1) is 0 Å². The lowest BCUT2D eigenvalue weighted by Gasteiger charge is -2.21. The van der Waals surface area contributed by atoms with Crippen molar-refractivity contribution in [1.82, 2.24) is 0 Å². The van der Waals surface area contributed by atoms with E-state index in [1.807, 2.05) is 23.1 Å². The third-order valence-electron chi connectivity index (χ3n) is 4.06. The van der Waals surface area contributed by atoms with Crippen molar-refractivity contribution in [3.8, 4) is 0 Å². The van der Waals surface area contributed by atoms with E-state index < -0.39 is 0 Å². The molecule has 3 nitrogen and oxygen atoms in total. The fourth-order valence-corrected chi connectivity index (χ4v) is 3.35. The molecule has 19 heavy (non-hydrogen) atoms. The van der Waals surface area contributed by atoms with Crippen LogP contribution in [0.4, 0.5) is 5.69 Å². The molecule has 1 amide bonds. The van der Waals surface area contributed by atoms with Crippen molar-refractivity contribution in [1.29, 1.82) is 0 Å². The van der Waals surface area contributed by atoms with Crippen LogP contribution in [-0.2, 0) is 11.2 Å². The van der Waals surface area contributed by atoms with Crippen molar-refractivity contribution in [3.63, 3.8) is 0 Å². The largest absolute Gasteiger partial charge is 0.328 e. The molecule has 0 aromatic heterocycles. The van der Waals surface area contributed by atoms with E-state index in [4.69, 9.17) is 17.3 Å². The molecule has 1 aliphatic carbocycles. The van der Waals surface area contributed by atoms with Gasteiger partial charge in [0.15, 0.2) is 0 Å². The van der Waals surface area contributed by atoms with Gasteiger partial charge in [-0.25, -0.2) is 0 Å². The minimum Gasteiger partial charge on any atom is -0.328 e. The SMILES string of the molecule is Cl.NC1CCC(C(=O)N2CCc3c(Cl)cccc32)C1. The standard InChI is InChI=1S/C14H17ClN2O.ClH/c15-12-2-1-3-13-11(12)6-7-17(13)14(18)9-4-5-10(16)8-9;/h1-3,9-10H,4-8,16H2;1H. The van der Waals surface area contributed by atoms with E-state index in [2.05, 4.69) is 0 Å². The quantitative estimate of drug-likeness (QED) is 0.867. The minimum absolute atomic E-state index is 0. The molecule has 2 atom stereocenters. The number of fused-ring (bicyclic) bond motifs is 1. The first-order chi connectivity index (χ1) is 8.66. The Morgan fingerprint density at radius 3 is 2.84 bits per heavy atom. The van der Waals surface area contributed by atoms with E-state index in [-0.39, 0.29) is 30.3 Å². The molecule has 1 aliphatic heterocycles. The monoisotopic (exact) mass is 300 g/mol. The molecular formula is C14H18Cl2N2O. The Morgan fingerprint density at radius 2 is 2.16 bits per heavy atom. The molecule has 1 saturated carbocycles. The van der Waals surface area contributed by atoms with Crippen LogP contribution in [0.25, 0.3) is 0 Å². The summed E-state index contributed by atoms with van der Waals surface area (Å²) in [5.41, 5.74) is 7.99. The third-order valence-corrected chi connectivity index (χ3v) is 4.41. The molecule has 0 bridgehead atoms. The number of anilines is 1. The van der Waals surface area contributed by atoms with Gasteiger partial charge in [0.25, 0.3) is 0 Å². The van der Waals surface area contributed by atoms with E-state index in [9.17, 15) is 4.79 Å². The maximum absolute atomic E-state index is 12.5. The second kappa shape index (κ2) is 5.70. The molecule has 1 fully saturated rings. The Kier molecular flexibility index (Phi) is 4.39. The molecule has 0 spiro atoms. The van der Waals surface area contributed by atoms with Crippen molar-refractivity contribution >= 4 is 35.6 Å². The summed E-state index contributed by atoms with van der Waals surface area (Å²) in [6, 6.07) is 5.98. The smallest absolute Gasteiger partial charge is 0.230 e. The zero-order valence-corrected chi connectivity index (χ0v) is 12.2. The van der Waals surface area contributed by atoms with Gasteiger partial charge < -0.3 is 10.6 Å². The van der Waals surface area contributed by atoms with Gasteiger partial charge >= 0.3 is 0 Å². The Balaban J connectivity index is 0.00000133. The number of hydrogen-bond donors (Lipinski definition) is 1. The number of carbonyl (C=O) groups excluding carboxylic acids is 1.